The first-order chi connectivity index (χ1) is 11.3. The molecule has 24 heavy (non-hydrogen) atoms. The number of nitrogens with zero attached hydrogens (tertiary/aromatic N) is 2. The topological polar surface area (TPSA) is 72.9 Å². The molecule has 1 aromatic heterocycles. The molecule has 2 rings (SSSR count). The van der Waals surface area contributed by atoms with Gasteiger partial charge < -0.3 is 11.1 Å². The third-order valence-corrected chi connectivity index (χ3v) is 4.46. The molecule has 130 valence electrons. The number of amides is 1. The van der Waals surface area contributed by atoms with Gasteiger partial charge in [-0.2, -0.15) is 5.10 Å². The standard InChI is InChI=1S/C18H25FN4O/c1-5-18(20,6-2)11-21-17(24)14-7-8-16(15(19)10-14)23-13(4)9-12(3)22-23/h7-10H,5-6,11,20H2,1-4H3,(H,21,24). The Kier molecular flexibility index (Phi) is 5.39. The number of aromatic nitrogens is 2. The summed E-state index contributed by atoms with van der Waals surface area (Å²) in [7, 11) is 0. The summed E-state index contributed by atoms with van der Waals surface area (Å²) in [5, 5.41) is 7.06. The number of nitrogens with one attached hydrogen (secondary N) is 1. The average molecular weight is 332 g/mol. The lowest BCUT2D eigenvalue weighted by molar-refractivity contribution is 0.0941. The molecule has 1 amide bonds. The zero-order chi connectivity index (χ0) is 17.9. The van der Waals surface area contributed by atoms with Crippen LogP contribution < -0.4 is 11.1 Å². The van der Waals surface area contributed by atoms with Crippen molar-refractivity contribution in [3.63, 3.8) is 0 Å². The monoisotopic (exact) mass is 332 g/mol. The summed E-state index contributed by atoms with van der Waals surface area (Å²) < 4.78 is 16.0. The van der Waals surface area contributed by atoms with Crippen molar-refractivity contribution in [1.29, 1.82) is 0 Å². The molecular formula is C18H25FN4O. The van der Waals surface area contributed by atoms with E-state index in [2.05, 4.69) is 10.4 Å². The van der Waals surface area contributed by atoms with Crippen molar-refractivity contribution in [2.24, 2.45) is 5.73 Å². The van der Waals surface area contributed by atoms with Crippen molar-refractivity contribution < 1.29 is 9.18 Å². The smallest absolute Gasteiger partial charge is 0.251 e. The van der Waals surface area contributed by atoms with Crippen LogP contribution in [0.1, 0.15) is 48.4 Å². The van der Waals surface area contributed by atoms with Crippen molar-refractivity contribution in [2.75, 3.05) is 6.54 Å². The zero-order valence-corrected chi connectivity index (χ0v) is 14.7. The Balaban J connectivity index is 2.17. The first-order valence-corrected chi connectivity index (χ1v) is 8.20. The molecule has 0 fully saturated rings. The Morgan fingerprint density at radius 1 is 1.29 bits per heavy atom. The van der Waals surface area contributed by atoms with Gasteiger partial charge in [0.15, 0.2) is 0 Å². The molecule has 1 heterocycles. The SMILES string of the molecule is CCC(N)(CC)CNC(=O)c1ccc(-n2nc(C)cc2C)c(F)c1. The quantitative estimate of drug-likeness (QED) is 0.854. The Hall–Kier alpha value is -2.21. The minimum Gasteiger partial charge on any atom is -0.350 e. The Labute approximate surface area is 142 Å². The van der Waals surface area contributed by atoms with Gasteiger partial charge >= 0.3 is 0 Å². The average Bonchev–Trinajstić information content (AvgIpc) is 2.90. The summed E-state index contributed by atoms with van der Waals surface area (Å²) in [5.41, 5.74) is 7.98. The van der Waals surface area contributed by atoms with Crippen LogP contribution in [0, 0.1) is 19.7 Å². The van der Waals surface area contributed by atoms with Gasteiger partial charge in [-0.15, -0.1) is 0 Å². The zero-order valence-electron chi connectivity index (χ0n) is 14.7. The number of nitrogens with two attached hydrogens (primary N) is 1. The van der Waals surface area contributed by atoms with Gasteiger partial charge in [0.05, 0.1) is 5.69 Å². The van der Waals surface area contributed by atoms with Gasteiger partial charge in [0.1, 0.15) is 11.5 Å². The second kappa shape index (κ2) is 7.13. The van der Waals surface area contributed by atoms with E-state index in [1.807, 2.05) is 33.8 Å². The molecule has 0 unspecified atom stereocenters. The van der Waals surface area contributed by atoms with E-state index in [0.29, 0.717) is 12.2 Å². The summed E-state index contributed by atoms with van der Waals surface area (Å²) >= 11 is 0. The van der Waals surface area contributed by atoms with Crippen molar-refractivity contribution in [1.82, 2.24) is 15.1 Å². The van der Waals surface area contributed by atoms with E-state index < -0.39 is 11.4 Å². The second-order valence-corrected chi connectivity index (χ2v) is 6.26. The second-order valence-electron chi connectivity index (χ2n) is 6.26. The Bertz CT molecular complexity index is 735. The molecule has 0 atom stereocenters. The van der Waals surface area contributed by atoms with Crippen molar-refractivity contribution >= 4 is 5.91 Å². The van der Waals surface area contributed by atoms with Gasteiger partial charge in [-0.3, -0.25) is 4.79 Å². The Morgan fingerprint density at radius 3 is 2.46 bits per heavy atom. The number of hydrogen-bond acceptors (Lipinski definition) is 3. The van der Waals surface area contributed by atoms with Crippen LogP contribution in [0.5, 0.6) is 0 Å². The molecule has 5 nitrogen and oxygen atoms in total. The maximum absolute atomic E-state index is 14.4. The van der Waals surface area contributed by atoms with Crippen LogP contribution in [-0.4, -0.2) is 27.8 Å². The van der Waals surface area contributed by atoms with E-state index in [0.717, 1.165) is 24.2 Å². The van der Waals surface area contributed by atoms with Crippen LogP contribution in [-0.2, 0) is 0 Å². The van der Waals surface area contributed by atoms with E-state index in [1.54, 1.807) is 12.1 Å². The molecular weight excluding hydrogens is 307 g/mol. The maximum Gasteiger partial charge on any atom is 0.251 e. The third-order valence-electron chi connectivity index (χ3n) is 4.46. The summed E-state index contributed by atoms with van der Waals surface area (Å²) in [6.07, 6.45) is 1.52. The fraction of sp³-hybridized carbons (Fsp3) is 0.444. The fourth-order valence-corrected chi connectivity index (χ4v) is 2.55. The highest BCUT2D eigenvalue weighted by Gasteiger charge is 2.21. The minimum atomic E-state index is -0.487. The summed E-state index contributed by atoms with van der Waals surface area (Å²) in [4.78, 5) is 12.2. The number of benzene rings is 1. The highest BCUT2D eigenvalue weighted by molar-refractivity contribution is 5.94. The number of carbonyl (C=O) groups excluding carboxylic acids is 1. The molecule has 2 aromatic rings. The van der Waals surface area contributed by atoms with Crippen LogP contribution in [0.3, 0.4) is 0 Å². The molecule has 0 aliphatic rings. The van der Waals surface area contributed by atoms with Gasteiger partial charge in [0.25, 0.3) is 5.91 Å². The van der Waals surface area contributed by atoms with Crippen LogP contribution in [0.4, 0.5) is 4.39 Å². The van der Waals surface area contributed by atoms with Crippen LogP contribution in [0.15, 0.2) is 24.3 Å². The van der Waals surface area contributed by atoms with Crippen molar-refractivity contribution in [3.05, 3.63) is 47.0 Å². The largest absolute Gasteiger partial charge is 0.350 e. The molecule has 3 N–H and O–H groups in total. The van der Waals surface area contributed by atoms with Gasteiger partial charge in [-0.25, -0.2) is 9.07 Å². The number of rotatable bonds is 6. The molecule has 0 aliphatic carbocycles. The van der Waals surface area contributed by atoms with E-state index in [-0.39, 0.29) is 11.5 Å². The number of hydrogen-bond donors (Lipinski definition) is 2. The molecule has 0 spiro atoms. The molecule has 0 saturated carbocycles. The van der Waals surface area contributed by atoms with E-state index in [1.165, 1.54) is 10.7 Å². The summed E-state index contributed by atoms with van der Waals surface area (Å²) in [5.74, 6) is -0.815. The highest BCUT2D eigenvalue weighted by Crippen LogP contribution is 2.18. The van der Waals surface area contributed by atoms with Gasteiger partial charge in [-0.05, 0) is 51.0 Å². The number of aryl methyl sites for hydroxylation is 2. The van der Waals surface area contributed by atoms with E-state index in [4.69, 9.17) is 5.73 Å². The molecule has 0 radical (unpaired) electrons. The fourth-order valence-electron chi connectivity index (χ4n) is 2.55. The lowest BCUT2D eigenvalue weighted by Crippen LogP contribution is -2.49. The third kappa shape index (κ3) is 3.82. The molecule has 0 saturated heterocycles. The molecule has 0 aliphatic heterocycles. The lowest BCUT2D eigenvalue weighted by Gasteiger charge is -2.26. The predicted molar refractivity (Wildman–Crippen MR) is 92.8 cm³/mol. The first-order valence-electron chi connectivity index (χ1n) is 8.20. The normalized spacial score (nSPS) is 11.6. The first kappa shape index (κ1) is 18.1. The number of carbonyl (C=O) groups is 1. The predicted octanol–water partition coefficient (Wildman–Crippen LogP) is 2.88. The van der Waals surface area contributed by atoms with E-state index in [9.17, 15) is 9.18 Å². The van der Waals surface area contributed by atoms with Gasteiger partial charge in [0.2, 0.25) is 0 Å². The van der Waals surface area contributed by atoms with Gasteiger partial charge in [0, 0.05) is 23.3 Å². The van der Waals surface area contributed by atoms with Gasteiger partial charge in [-0.1, -0.05) is 13.8 Å². The molecule has 1 aromatic carbocycles. The lowest BCUT2D eigenvalue weighted by atomic mass is 9.94. The number of halogens is 1. The van der Waals surface area contributed by atoms with E-state index >= 15 is 0 Å². The van der Waals surface area contributed by atoms with Crippen molar-refractivity contribution in [3.8, 4) is 5.69 Å². The van der Waals surface area contributed by atoms with Crippen LogP contribution >= 0.6 is 0 Å². The minimum absolute atomic E-state index is 0.271. The van der Waals surface area contributed by atoms with Crippen LogP contribution in [0.25, 0.3) is 5.69 Å². The Morgan fingerprint density at radius 2 is 1.96 bits per heavy atom. The summed E-state index contributed by atoms with van der Waals surface area (Å²) in [6.45, 7) is 8.04. The van der Waals surface area contributed by atoms with Crippen molar-refractivity contribution in [2.45, 2.75) is 46.1 Å². The van der Waals surface area contributed by atoms with Crippen LogP contribution in [0.2, 0.25) is 0 Å². The maximum atomic E-state index is 14.4. The molecule has 0 bridgehead atoms. The molecule has 6 heteroatoms. The summed E-state index contributed by atoms with van der Waals surface area (Å²) in [6, 6.07) is 6.27. The highest BCUT2D eigenvalue weighted by atomic mass is 19.1.